The average molecular weight is 406 g/mol. The SMILES string of the molecule is CN(C)CCOc1cccc(NC(=O)CC2(CN)CCCCC2)c1.Cl.Cl. The van der Waals surface area contributed by atoms with E-state index < -0.39 is 0 Å². The summed E-state index contributed by atoms with van der Waals surface area (Å²) in [5.74, 6) is 0.827. The van der Waals surface area contributed by atoms with Crippen LogP contribution in [0.3, 0.4) is 0 Å². The van der Waals surface area contributed by atoms with Gasteiger partial charge in [0.1, 0.15) is 12.4 Å². The summed E-state index contributed by atoms with van der Waals surface area (Å²) in [6, 6.07) is 7.59. The summed E-state index contributed by atoms with van der Waals surface area (Å²) in [5.41, 5.74) is 6.75. The molecule has 1 aromatic rings. The Labute approximate surface area is 169 Å². The van der Waals surface area contributed by atoms with Gasteiger partial charge < -0.3 is 20.7 Å². The van der Waals surface area contributed by atoms with Gasteiger partial charge in [-0.1, -0.05) is 25.3 Å². The van der Waals surface area contributed by atoms with Crippen molar-refractivity contribution in [3.8, 4) is 5.75 Å². The van der Waals surface area contributed by atoms with Gasteiger partial charge in [0.25, 0.3) is 0 Å². The Kier molecular flexibility index (Phi) is 11.9. The highest BCUT2D eigenvalue weighted by Gasteiger charge is 2.32. The predicted molar refractivity (Wildman–Crippen MR) is 113 cm³/mol. The number of carbonyl (C=O) groups excluding carboxylic acids is 1. The van der Waals surface area contributed by atoms with E-state index in [1.807, 2.05) is 38.4 Å². The van der Waals surface area contributed by atoms with Crippen molar-refractivity contribution in [2.24, 2.45) is 11.1 Å². The minimum absolute atomic E-state index is 0. The molecule has 0 radical (unpaired) electrons. The number of hydrogen-bond donors (Lipinski definition) is 2. The van der Waals surface area contributed by atoms with Crippen LogP contribution in [0.5, 0.6) is 5.75 Å². The smallest absolute Gasteiger partial charge is 0.224 e. The molecule has 0 heterocycles. The van der Waals surface area contributed by atoms with E-state index in [1.54, 1.807) is 0 Å². The van der Waals surface area contributed by atoms with E-state index in [4.69, 9.17) is 10.5 Å². The molecule has 0 spiro atoms. The van der Waals surface area contributed by atoms with Gasteiger partial charge in [-0.15, -0.1) is 24.8 Å². The highest BCUT2D eigenvalue weighted by molar-refractivity contribution is 5.91. The first-order valence-corrected chi connectivity index (χ1v) is 8.90. The lowest BCUT2D eigenvalue weighted by Gasteiger charge is -2.35. The summed E-state index contributed by atoms with van der Waals surface area (Å²) in [4.78, 5) is 14.5. The summed E-state index contributed by atoms with van der Waals surface area (Å²) in [5, 5.41) is 3.00. The zero-order valence-electron chi connectivity index (χ0n) is 15.8. The van der Waals surface area contributed by atoms with Crippen molar-refractivity contribution in [3.05, 3.63) is 24.3 Å². The molecule has 150 valence electrons. The van der Waals surface area contributed by atoms with Gasteiger partial charge in [-0.05, 0) is 51.0 Å². The lowest BCUT2D eigenvalue weighted by Crippen LogP contribution is -2.36. The molecule has 1 aliphatic carbocycles. The number of likely N-dealkylation sites (N-methyl/N-ethyl adjacent to an activating group) is 1. The molecule has 1 amide bonds. The van der Waals surface area contributed by atoms with Crippen LogP contribution in [0.1, 0.15) is 38.5 Å². The Morgan fingerprint density at radius 1 is 1.23 bits per heavy atom. The van der Waals surface area contributed by atoms with E-state index in [0.29, 0.717) is 19.6 Å². The van der Waals surface area contributed by atoms with E-state index in [-0.39, 0.29) is 36.1 Å². The van der Waals surface area contributed by atoms with Crippen LogP contribution in [0.25, 0.3) is 0 Å². The summed E-state index contributed by atoms with van der Waals surface area (Å²) in [6.45, 7) is 2.07. The molecule has 1 fully saturated rings. The van der Waals surface area contributed by atoms with E-state index in [0.717, 1.165) is 30.8 Å². The molecule has 1 saturated carbocycles. The van der Waals surface area contributed by atoms with Crippen LogP contribution in [0.2, 0.25) is 0 Å². The van der Waals surface area contributed by atoms with Crippen molar-refractivity contribution >= 4 is 36.4 Å². The standard InChI is InChI=1S/C19H31N3O2.2ClH/c1-22(2)11-12-24-17-8-6-7-16(13-17)21-18(23)14-19(15-20)9-4-3-5-10-19;;/h6-8,13H,3-5,9-12,14-15,20H2,1-2H3,(H,21,23);2*1H. The maximum Gasteiger partial charge on any atom is 0.224 e. The lowest BCUT2D eigenvalue weighted by molar-refractivity contribution is -0.118. The first-order chi connectivity index (χ1) is 11.5. The Bertz CT molecular complexity index is 535. The van der Waals surface area contributed by atoms with E-state index >= 15 is 0 Å². The molecule has 3 N–H and O–H groups in total. The fourth-order valence-electron chi connectivity index (χ4n) is 3.31. The van der Waals surface area contributed by atoms with E-state index in [1.165, 1.54) is 19.3 Å². The van der Waals surface area contributed by atoms with Gasteiger partial charge in [-0.2, -0.15) is 0 Å². The van der Waals surface area contributed by atoms with Gasteiger partial charge in [0, 0.05) is 24.7 Å². The van der Waals surface area contributed by atoms with Crippen molar-refractivity contribution in [2.45, 2.75) is 38.5 Å². The number of anilines is 1. The Balaban J connectivity index is 0.00000312. The molecule has 2 rings (SSSR count). The van der Waals surface area contributed by atoms with Crippen LogP contribution in [-0.4, -0.2) is 44.6 Å². The minimum atomic E-state index is -0.0118. The average Bonchev–Trinajstić information content (AvgIpc) is 2.55. The largest absolute Gasteiger partial charge is 0.492 e. The van der Waals surface area contributed by atoms with Crippen molar-refractivity contribution in [3.63, 3.8) is 0 Å². The summed E-state index contributed by atoms with van der Waals surface area (Å²) < 4.78 is 5.72. The third-order valence-electron chi connectivity index (χ3n) is 4.81. The molecule has 26 heavy (non-hydrogen) atoms. The maximum absolute atomic E-state index is 12.4. The van der Waals surface area contributed by atoms with Crippen LogP contribution in [0.4, 0.5) is 5.69 Å². The van der Waals surface area contributed by atoms with Gasteiger partial charge in [-0.25, -0.2) is 0 Å². The zero-order chi connectivity index (χ0) is 17.4. The van der Waals surface area contributed by atoms with Crippen LogP contribution >= 0.6 is 24.8 Å². The number of amides is 1. The second-order valence-corrected chi connectivity index (χ2v) is 7.17. The molecule has 0 unspecified atom stereocenters. The van der Waals surface area contributed by atoms with Crippen LogP contribution in [0, 0.1) is 5.41 Å². The highest BCUT2D eigenvalue weighted by Crippen LogP contribution is 2.38. The molecule has 0 bridgehead atoms. The monoisotopic (exact) mass is 405 g/mol. The second-order valence-electron chi connectivity index (χ2n) is 7.17. The lowest BCUT2D eigenvalue weighted by atomic mass is 9.71. The first-order valence-electron chi connectivity index (χ1n) is 8.90. The maximum atomic E-state index is 12.4. The van der Waals surface area contributed by atoms with Crippen LogP contribution in [0.15, 0.2) is 24.3 Å². The van der Waals surface area contributed by atoms with Crippen LogP contribution < -0.4 is 15.8 Å². The fraction of sp³-hybridized carbons (Fsp3) is 0.632. The van der Waals surface area contributed by atoms with Gasteiger partial charge in [-0.3, -0.25) is 4.79 Å². The predicted octanol–water partition coefficient (Wildman–Crippen LogP) is 3.71. The summed E-state index contributed by atoms with van der Waals surface area (Å²) >= 11 is 0. The van der Waals surface area contributed by atoms with Gasteiger partial charge in [0.2, 0.25) is 5.91 Å². The number of nitrogens with one attached hydrogen (secondary N) is 1. The summed E-state index contributed by atoms with van der Waals surface area (Å²) in [6.07, 6.45) is 6.25. The quantitative estimate of drug-likeness (QED) is 0.691. The third kappa shape index (κ3) is 8.12. The molecule has 0 aliphatic heterocycles. The van der Waals surface area contributed by atoms with Gasteiger partial charge in [0.05, 0.1) is 0 Å². The molecule has 0 aromatic heterocycles. The molecular weight excluding hydrogens is 373 g/mol. The number of hydrogen-bond acceptors (Lipinski definition) is 4. The second kappa shape index (κ2) is 12.4. The number of nitrogens with zero attached hydrogens (tertiary/aromatic N) is 1. The normalized spacial score (nSPS) is 15.5. The molecule has 5 nitrogen and oxygen atoms in total. The Morgan fingerprint density at radius 3 is 2.54 bits per heavy atom. The fourth-order valence-corrected chi connectivity index (χ4v) is 3.31. The molecule has 7 heteroatoms. The summed E-state index contributed by atoms with van der Waals surface area (Å²) in [7, 11) is 4.02. The minimum Gasteiger partial charge on any atom is -0.492 e. The highest BCUT2D eigenvalue weighted by atomic mass is 35.5. The Morgan fingerprint density at radius 2 is 1.92 bits per heavy atom. The number of rotatable bonds is 8. The van der Waals surface area contributed by atoms with Crippen molar-refractivity contribution < 1.29 is 9.53 Å². The van der Waals surface area contributed by atoms with Gasteiger partial charge in [0.15, 0.2) is 0 Å². The first kappa shape index (κ1) is 25.0. The van der Waals surface area contributed by atoms with Gasteiger partial charge >= 0.3 is 0 Å². The van der Waals surface area contributed by atoms with E-state index in [2.05, 4.69) is 10.2 Å². The molecular formula is C19H33Cl2N3O2. The van der Waals surface area contributed by atoms with Crippen molar-refractivity contribution in [1.82, 2.24) is 4.90 Å². The molecule has 0 saturated heterocycles. The topological polar surface area (TPSA) is 67.6 Å². The number of carbonyl (C=O) groups is 1. The van der Waals surface area contributed by atoms with E-state index in [9.17, 15) is 4.79 Å². The molecule has 1 aliphatic rings. The number of nitrogens with two attached hydrogens (primary N) is 1. The molecule has 0 atom stereocenters. The van der Waals surface area contributed by atoms with Crippen LogP contribution in [-0.2, 0) is 4.79 Å². The molecule has 1 aromatic carbocycles. The Hall–Kier alpha value is -1.01. The number of halogens is 2. The zero-order valence-corrected chi connectivity index (χ0v) is 17.5. The van der Waals surface area contributed by atoms with Crippen molar-refractivity contribution in [2.75, 3.05) is 39.1 Å². The van der Waals surface area contributed by atoms with Crippen molar-refractivity contribution in [1.29, 1.82) is 0 Å². The third-order valence-corrected chi connectivity index (χ3v) is 4.81. The number of benzene rings is 1. The number of ether oxygens (including phenoxy) is 1.